The summed E-state index contributed by atoms with van der Waals surface area (Å²) in [6.07, 6.45) is 5.26. The normalized spacial score (nSPS) is 17.0. The molecule has 1 atom stereocenters. The first-order valence-electron chi connectivity index (χ1n) is 8.96. The maximum absolute atomic E-state index is 12.6. The van der Waals surface area contributed by atoms with E-state index >= 15 is 0 Å². The SMILES string of the molecule is CCC(=O)Nc1ccc(C)c(NC(=O)[C@H](C)N2CCCCCC2)c1. The van der Waals surface area contributed by atoms with Crippen LogP contribution in [0, 0.1) is 6.92 Å². The van der Waals surface area contributed by atoms with Crippen LogP contribution in [0.2, 0.25) is 0 Å². The minimum absolute atomic E-state index is 0.0129. The first-order valence-corrected chi connectivity index (χ1v) is 8.96. The summed E-state index contributed by atoms with van der Waals surface area (Å²) in [5.74, 6) is -0.0203. The Labute approximate surface area is 144 Å². The molecule has 0 unspecified atom stereocenters. The molecule has 0 bridgehead atoms. The van der Waals surface area contributed by atoms with Crippen LogP contribution in [-0.4, -0.2) is 35.8 Å². The van der Waals surface area contributed by atoms with Gasteiger partial charge in [0.05, 0.1) is 6.04 Å². The molecule has 1 heterocycles. The number of rotatable bonds is 5. The molecule has 5 heteroatoms. The van der Waals surface area contributed by atoms with Crippen molar-refractivity contribution in [1.82, 2.24) is 4.90 Å². The summed E-state index contributed by atoms with van der Waals surface area (Å²) in [5.41, 5.74) is 2.46. The van der Waals surface area contributed by atoms with E-state index in [2.05, 4.69) is 15.5 Å². The van der Waals surface area contributed by atoms with Crippen LogP contribution in [0.25, 0.3) is 0 Å². The molecule has 1 fully saturated rings. The molecule has 1 aromatic carbocycles. The highest BCUT2D eigenvalue weighted by Gasteiger charge is 2.22. The molecular weight excluding hydrogens is 302 g/mol. The quantitative estimate of drug-likeness (QED) is 0.867. The molecule has 0 saturated carbocycles. The highest BCUT2D eigenvalue weighted by Crippen LogP contribution is 2.21. The van der Waals surface area contributed by atoms with Gasteiger partial charge in [-0.3, -0.25) is 14.5 Å². The minimum atomic E-state index is -0.142. The summed E-state index contributed by atoms with van der Waals surface area (Å²) in [7, 11) is 0. The molecule has 24 heavy (non-hydrogen) atoms. The lowest BCUT2D eigenvalue weighted by Crippen LogP contribution is -2.42. The van der Waals surface area contributed by atoms with Gasteiger partial charge in [0, 0.05) is 17.8 Å². The number of nitrogens with one attached hydrogen (secondary N) is 2. The number of aryl methyl sites for hydroxylation is 1. The number of hydrogen-bond acceptors (Lipinski definition) is 3. The molecule has 1 aliphatic heterocycles. The van der Waals surface area contributed by atoms with Crippen LogP contribution in [0.3, 0.4) is 0 Å². The summed E-state index contributed by atoms with van der Waals surface area (Å²) < 4.78 is 0. The molecule has 5 nitrogen and oxygen atoms in total. The van der Waals surface area contributed by atoms with Crippen molar-refractivity contribution in [3.63, 3.8) is 0 Å². The van der Waals surface area contributed by atoms with E-state index in [9.17, 15) is 9.59 Å². The molecular formula is C19H29N3O2. The van der Waals surface area contributed by atoms with Crippen molar-refractivity contribution in [2.75, 3.05) is 23.7 Å². The third kappa shape index (κ3) is 5.06. The summed E-state index contributed by atoms with van der Waals surface area (Å²) in [6, 6.07) is 5.46. The Hall–Kier alpha value is -1.88. The Morgan fingerprint density at radius 1 is 1.12 bits per heavy atom. The van der Waals surface area contributed by atoms with Crippen molar-refractivity contribution in [1.29, 1.82) is 0 Å². The second-order valence-electron chi connectivity index (χ2n) is 6.55. The molecule has 1 aliphatic rings. The van der Waals surface area contributed by atoms with Crippen LogP contribution >= 0.6 is 0 Å². The first-order chi connectivity index (χ1) is 11.5. The molecule has 2 N–H and O–H groups in total. The predicted octanol–water partition coefficient (Wildman–Crippen LogP) is 3.55. The standard InChI is InChI=1S/C19H29N3O2/c1-4-18(23)20-16-10-9-14(2)17(13-16)21-19(24)15(3)22-11-7-5-6-8-12-22/h9-10,13,15H,4-8,11-12H2,1-3H3,(H,20,23)(H,21,24)/t15-/m0/s1. The monoisotopic (exact) mass is 331 g/mol. The highest BCUT2D eigenvalue weighted by molar-refractivity contribution is 5.97. The summed E-state index contributed by atoms with van der Waals surface area (Å²) in [5, 5.41) is 5.86. The molecule has 1 saturated heterocycles. The van der Waals surface area contributed by atoms with E-state index in [1.807, 2.05) is 39.0 Å². The highest BCUT2D eigenvalue weighted by atomic mass is 16.2. The maximum atomic E-state index is 12.6. The Balaban J connectivity index is 2.04. The zero-order valence-corrected chi connectivity index (χ0v) is 15.0. The fourth-order valence-corrected chi connectivity index (χ4v) is 2.97. The minimum Gasteiger partial charge on any atom is -0.326 e. The number of carbonyl (C=O) groups is 2. The van der Waals surface area contributed by atoms with E-state index in [0.717, 1.165) is 37.2 Å². The summed E-state index contributed by atoms with van der Waals surface area (Å²) >= 11 is 0. The van der Waals surface area contributed by atoms with Gasteiger partial charge in [-0.2, -0.15) is 0 Å². The van der Waals surface area contributed by atoms with E-state index in [4.69, 9.17) is 0 Å². The zero-order chi connectivity index (χ0) is 17.5. The fourth-order valence-electron chi connectivity index (χ4n) is 2.97. The Bertz CT molecular complexity index is 578. The Morgan fingerprint density at radius 3 is 2.42 bits per heavy atom. The van der Waals surface area contributed by atoms with Crippen LogP contribution < -0.4 is 10.6 Å². The van der Waals surface area contributed by atoms with Crippen LogP contribution in [-0.2, 0) is 9.59 Å². The predicted molar refractivity (Wildman–Crippen MR) is 98.2 cm³/mol. The fraction of sp³-hybridized carbons (Fsp3) is 0.579. The second-order valence-corrected chi connectivity index (χ2v) is 6.55. The first kappa shape index (κ1) is 18.5. The van der Waals surface area contributed by atoms with Crippen LogP contribution in [0.4, 0.5) is 11.4 Å². The second kappa shape index (κ2) is 8.83. The Kier molecular flexibility index (Phi) is 6.79. The molecule has 1 aromatic rings. The topological polar surface area (TPSA) is 61.4 Å². The smallest absolute Gasteiger partial charge is 0.241 e. The van der Waals surface area contributed by atoms with E-state index in [1.165, 1.54) is 12.8 Å². The lowest BCUT2D eigenvalue weighted by molar-refractivity contribution is -0.120. The van der Waals surface area contributed by atoms with Gasteiger partial charge in [0.2, 0.25) is 11.8 Å². The van der Waals surface area contributed by atoms with Gasteiger partial charge in [-0.25, -0.2) is 0 Å². The number of benzene rings is 1. The zero-order valence-electron chi connectivity index (χ0n) is 15.0. The molecule has 2 amide bonds. The van der Waals surface area contributed by atoms with Crippen molar-refractivity contribution in [2.45, 2.75) is 58.9 Å². The lowest BCUT2D eigenvalue weighted by atomic mass is 10.1. The van der Waals surface area contributed by atoms with Gasteiger partial charge in [0.15, 0.2) is 0 Å². The number of nitrogens with zero attached hydrogens (tertiary/aromatic N) is 1. The third-order valence-corrected chi connectivity index (χ3v) is 4.67. The largest absolute Gasteiger partial charge is 0.326 e. The average molecular weight is 331 g/mol. The van der Waals surface area contributed by atoms with Crippen molar-refractivity contribution in [3.8, 4) is 0 Å². The number of hydrogen-bond donors (Lipinski definition) is 2. The van der Waals surface area contributed by atoms with Gasteiger partial charge in [-0.15, -0.1) is 0 Å². The third-order valence-electron chi connectivity index (χ3n) is 4.67. The van der Waals surface area contributed by atoms with Gasteiger partial charge in [-0.1, -0.05) is 25.8 Å². The van der Waals surface area contributed by atoms with E-state index < -0.39 is 0 Å². The van der Waals surface area contributed by atoms with Crippen molar-refractivity contribution < 1.29 is 9.59 Å². The number of carbonyl (C=O) groups excluding carboxylic acids is 2. The van der Waals surface area contributed by atoms with Gasteiger partial charge >= 0.3 is 0 Å². The molecule has 0 aromatic heterocycles. The van der Waals surface area contributed by atoms with Crippen molar-refractivity contribution in [3.05, 3.63) is 23.8 Å². The van der Waals surface area contributed by atoms with Gasteiger partial charge < -0.3 is 10.6 Å². The van der Waals surface area contributed by atoms with Gasteiger partial charge in [0.25, 0.3) is 0 Å². The van der Waals surface area contributed by atoms with Gasteiger partial charge in [-0.05, 0) is 57.5 Å². The van der Waals surface area contributed by atoms with Gasteiger partial charge in [0.1, 0.15) is 0 Å². The number of amides is 2. The average Bonchev–Trinajstić information content (AvgIpc) is 2.86. The van der Waals surface area contributed by atoms with Crippen LogP contribution in [0.5, 0.6) is 0 Å². The van der Waals surface area contributed by atoms with Crippen molar-refractivity contribution >= 4 is 23.2 Å². The lowest BCUT2D eigenvalue weighted by Gasteiger charge is -2.26. The van der Waals surface area contributed by atoms with Crippen LogP contribution in [0.15, 0.2) is 18.2 Å². The molecule has 132 valence electrons. The molecule has 0 radical (unpaired) electrons. The Morgan fingerprint density at radius 2 is 1.79 bits per heavy atom. The molecule has 0 spiro atoms. The van der Waals surface area contributed by atoms with E-state index in [1.54, 1.807) is 0 Å². The van der Waals surface area contributed by atoms with E-state index in [0.29, 0.717) is 12.1 Å². The van der Waals surface area contributed by atoms with E-state index in [-0.39, 0.29) is 17.9 Å². The summed E-state index contributed by atoms with van der Waals surface area (Å²) in [4.78, 5) is 26.4. The van der Waals surface area contributed by atoms with Crippen LogP contribution in [0.1, 0.15) is 51.5 Å². The number of anilines is 2. The molecule has 0 aliphatic carbocycles. The maximum Gasteiger partial charge on any atom is 0.241 e. The molecule has 2 rings (SSSR count). The van der Waals surface area contributed by atoms with Crippen molar-refractivity contribution in [2.24, 2.45) is 0 Å². The summed E-state index contributed by atoms with van der Waals surface area (Å²) in [6.45, 7) is 7.71. The number of likely N-dealkylation sites (tertiary alicyclic amines) is 1.